The Bertz CT molecular complexity index is 1150. The largest absolute Gasteiger partial charge is 0.460 e. The Kier molecular flexibility index (Phi) is 8.39. The molecule has 0 aromatic heterocycles. The molecule has 216 valence electrons. The van der Waals surface area contributed by atoms with Crippen LogP contribution in [0.2, 0.25) is 0 Å². The fourth-order valence-corrected chi connectivity index (χ4v) is 5.43. The summed E-state index contributed by atoms with van der Waals surface area (Å²) >= 11 is 0. The number of piperidine rings is 1. The first-order chi connectivity index (χ1) is 17.8. The van der Waals surface area contributed by atoms with Crippen molar-refractivity contribution in [1.82, 2.24) is 9.80 Å². The summed E-state index contributed by atoms with van der Waals surface area (Å²) in [6, 6.07) is 2.15. The Hall–Kier alpha value is -3.17. The smallest absolute Gasteiger partial charge is 0.410 e. The number of carbonyl (C=O) groups is 4. The number of nitrogens with two attached hydrogens (primary N) is 1. The van der Waals surface area contributed by atoms with E-state index in [0.717, 1.165) is 0 Å². The van der Waals surface area contributed by atoms with Crippen molar-refractivity contribution in [2.75, 3.05) is 13.1 Å². The van der Waals surface area contributed by atoms with Crippen molar-refractivity contribution in [3.8, 4) is 0 Å². The van der Waals surface area contributed by atoms with E-state index in [2.05, 4.69) is 0 Å². The Morgan fingerprint density at radius 2 is 1.72 bits per heavy atom. The van der Waals surface area contributed by atoms with Gasteiger partial charge in [0.1, 0.15) is 23.1 Å². The van der Waals surface area contributed by atoms with Gasteiger partial charge >= 0.3 is 12.1 Å². The first-order valence-electron chi connectivity index (χ1n) is 13.4. The molecule has 10 heteroatoms. The molecule has 1 aromatic rings. The summed E-state index contributed by atoms with van der Waals surface area (Å²) in [5, 5.41) is 0. The normalized spacial score (nSPS) is 19.9. The summed E-state index contributed by atoms with van der Waals surface area (Å²) in [5.74, 6) is -2.46. The summed E-state index contributed by atoms with van der Waals surface area (Å²) in [6.07, 6.45) is 0.00512. The molecular weight excluding hydrogens is 505 g/mol. The van der Waals surface area contributed by atoms with Gasteiger partial charge in [-0.25, -0.2) is 9.18 Å². The molecule has 1 aromatic carbocycles. The molecule has 3 amide bonds. The molecule has 0 aliphatic carbocycles. The zero-order chi connectivity index (χ0) is 29.5. The number of hydrogen-bond donors (Lipinski definition) is 1. The first kappa shape index (κ1) is 30.4. The highest BCUT2D eigenvalue weighted by Gasteiger charge is 2.43. The number of hydrogen-bond acceptors (Lipinski definition) is 6. The molecule has 0 spiro atoms. The predicted octanol–water partition coefficient (Wildman–Crippen LogP) is 4.51. The average Bonchev–Trinajstić information content (AvgIpc) is 3.08. The number of likely N-dealkylation sites (tertiary alicyclic amines) is 1. The minimum atomic E-state index is -1.08. The van der Waals surface area contributed by atoms with Crippen LogP contribution in [0.25, 0.3) is 0 Å². The molecular formula is C29H42FN3O6. The maximum atomic E-state index is 16.0. The molecule has 2 aliphatic heterocycles. The molecule has 2 atom stereocenters. The van der Waals surface area contributed by atoms with E-state index < -0.39 is 52.4 Å². The van der Waals surface area contributed by atoms with Gasteiger partial charge in [0, 0.05) is 30.6 Å². The second kappa shape index (κ2) is 10.8. The molecule has 3 rings (SSSR count). The Morgan fingerprint density at radius 3 is 2.26 bits per heavy atom. The number of halogens is 1. The number of nitrogens with zero attached hydrogens (tertiary/aromatic N) is 2. The van der Waals surface area contributed by atoms with Crippen molar-refractivity contribution >= 4 is 23.9 Å². The molecule has 2 heterocycles. The van der Waals surface area contributed by atoms with E-state index in [-0.39, 0.29) is 36.4 Å². The van der Waals surface area contributed by atoms with E-state index in [1.807, 2.05) is 34.6 Å². The number of ether oxygens (including phenoxy) is 2. The van der Waals surface area contributed by atoms with E-state index in [1.54, 1.807) is 37.8 Å². The number of amides is 3. The van der Waals surface area contributed by atoms with Gasteiger partial charge in [0.25, 0.3) is 5.91 Å². The lowest BCUT2D eigenvalue weighted by Gasteiger charge is -2.44. The lowest BCUT2D eigenvalue weighted by molar-refractivity contribution is -0.155. The molecule has 1 fully saturated rings. The van der Waals surface area contributed by atoms with Crippen molar-refractivity contribution in [2.45, 2.75) is 104 Å². The molecule has 1 saturated heterocycles. The molecule has 2 aliphatic rings. The van der Waals surface area contributed by atoms with Crippen LogP contribution < -0.4 is 5.73 Å². The third kappa shape index (κ3) is 7.08. The quantitative estimate of drug-likeness (QED) is 0.524. The molecule has 0 saturated carbocycles. The minimum Gasteiger partial charge on any atom is -0.460 e. The van der Waals surface area contributed by atoms with Crippen LogP contribution in [0.1, 0.15) is 102 Å². The average molecular weight is 548 g/mol. The second-order valence-electron chi connectivity index (χ2n) is 13.2. The number of fused-ring (bicyclic) bond motifs is 1. The number of primary amides is 1. The lowest BCUT2D eigenvalue weighted by atomic mass is 9.70. The van der Waals surface area contributed by atoms with Gasteiger partial charge in [0.2, 0.25) is 5.91 Å². The Labute approximate surface area is 230 Å². The highest BCUT2D eigenvalue weighted by Crippen LogP contribution is 2.45. The number of esters is 1. The third-order valence-electron chi connectivity index (χ3n) is 7.10. The molecule has 2 unspecified atom stereocenters. The van der Waals surface area contributed by atoms with E-state index in [0.29, 0.717) is 25.1 Å². The van der Waals surface area contributed by atoms with Crippen LogP contribution in [-0.4, -0.2) is 64.0 Å². The Morgan fingerprint density at radius 1 is 1.10 bits per heavy atom. The van der Waals surface area contributed by atoms with Gasteiger partial charge in [0.15, 0.2) is 0 Å². The predicted molar refractivity (Wildman–Crippen MR) is 143 cm³/mol. The maximum Gasteiger partial charge on any atom is 0.410 e. The van der Waals surface area contributed by atoms with Crippen molar-refractivity contribution in [3.05, 3.63) is 34.6 Å². The van der Waals surface area contributed by atoms with Crippen LogP contribution >= 0.6 is 0 Å². The van der Waals surface area contributed by atoms with Crippen molar-refractivity contribution < 1.29 is 33.0 Å². The molecule has 9 nitrogen and oxygen atoms in total. The third-order valence-corrected chi connectivity index (χ3v) is 7.10. The SMILES string of the molecule is CC(C)(C)OC(=O)CCC(C(N)=O)N1Cc2c(ccc(C3CCN(C(=O)OC(C)(C)C)CC3(C)C)c2F)C1=O. The topological polar surface area (TPSA) is 119 Å². The molecule has 0 radical (unpaired) electrons. The fourth-order valence-electron chi connectivity index (χ4n) is 5.43. The van der Waals surface area contributed by atoms with Crippen LogP contribution in [0.15, 0.2) is 12.1 Å². The van der Waals surface area contributed by atoms with Gasteiger partial charge in [-0.15, -0.1) is 0 Å². The van der Waals surface area contributed by atoms with Crippen molar-refractivity contribution in [1.29, 1.82) is 0 Å². The van der Waals surface area contributed by atoms with Crippen LogP contribution in [0.5, 0.6) is 0 Å². The first-order valence-corrected chi connectivity index (χ1v) is 13.4. The van der Waals surface area contributed by atoms with Gasteiger partial charge in [-0.3, -0.25) is 14.4 Å². The number of carbonyl (C=O) groups excluding carboxylic acids is 4. The second-order valence-corrected chi connectivity index (χ2v) is 13.2. The van der Waals surface area contributed by atoms with Crippen molar-refractivity contribution in [3.63, 3.8) is 0 Å². The lowest BCUT2D eigenvalue weighted by Crippen LogP contribution is -2.49. The van der Waals surface area contributed by atoms with Gasteiger partial charge in [-0.05, 0) is 77.3 Å². The minimum absolute atomic E-state index is 0.0192. The molecule has 39 heavy (non-hydrogen) atoms. The number of benzene rings is 1. The summed E-state index contributed by atoms with van der Waals surface area (Å²) < 4.78 is 26.8. The maximum absolute atomic E-state index is 16.0. The highest BCUT2D eigenvalue weighted by atomic mass is 19.1. The summed E-state index contributed by atoms with van der Waals surface area (Å²) in [4.78, 5) is 53.2. The zero-order valence-corrected chi connectivity index (χ0v) is 24.4. The molecule has 2 N–H and O–H groups in total. The van der Waals surface area contributed by atoms with Crippen LogP contribution in [-0.2, 0) is 25.6 Å². The van der Waals surface area contributed by atoms with Crippen LogP contribution in [0.4, 0.5) is 9.18 Å². The summed E-state index contributed by atoms with van der Waals surface area (Å²) in [7, 11) is 0. The number of rotatable bonds is 6. The molecule has 0 bridgehead atoms. The van der Waals surface area contributed by atoms with Crippen molar-refractivity contribution in [2.24, 2.45) is 11.1 Å². The summed E-state index contributed by atoms with van der Waals surface area (Å²) in [5.41, 5.74) is 4.71. The monoisotopic (exact) mass is 547 g/mol. The highest BCUT2D eigenvalue weighted by molar-refractivity contribution is 6.01. The van der Waals surface area contributed by atoms with Gasteiger partial charge in [-0.1, -0.05) is 19.9 Å². The zero-order valence-electron chi connectivity index (χ0n) is 24.4. The van der Waals surface area contributed by atoms with E-state index >= 15 is 4.39 Å². The van der Waals surface area contributed by atoms with E-state index in [9.17, 15) is 19.2 Å². The van der Waals surface area contributed by atoms with Gasteiger partial charge in [0.05, 0.1) is 6.54 Å². The van der Waals surface area contributed by atoms with Crippen LogP contribution in [0.3, 0.4) is 0 Å². The van der Waals surface area contributed by atoms with E-state index in [1.165, 1.54) is 4.90 Å². The fraction of sp³-hybridized carbons (Fsp3) is 0.655. The summed E-state index contributed by atoms with van der Waals surface area (Å²) in [6.45, 7) is 15.3. The Balaban J connectivity index is 1.79. The van der Waals surface area contributed by atoms with Crippen LogP contribution in [0, 0.1) is 11.2 Å². The standard InChI is InChI=1S/C29H42FN3O6/c1-27(2,3)38-22(34)12-11-21(24(31)35)33-15-19-17(25(33)36)9-10-18(23(19)30)20-13-14-32(16-29(20,7)8)26(37)39-28(4,5)6/h9-10,20-21H,11-16H2,1-8H3,(H2,31,35). The van der Waals surface area contributed by atoms with Gasteiger partial charge < -0.3 is 25.0 Å². The van der Waals surface area contributed by atoms with E-state index in [4.69, 9.17) is 15.2 Å². The van der Waals surface area contributed by atoms with Gasteiger partial charge in [-0.2, -0.15) is 0 Å².